The van der Waals surface area contributed by atoms with E-state index in [1.54, 1.807) is 0 Å². The van der Waals surface area contributed by atoms with Crippen molar-refractivity contribution < 1.29 is 5.11 Å². The van der Waals surface area contributed by atoms with E-state index in [1.165, 1.54) is 0 Å². The zero-order valence-corrected chi connectivity index (χ0v) is 9.08. The summed E-state index contributed by atoms with van der Waals surface area (Å²) in [6, 6.07) is 0. The van der Waals surface area contributed by atoms with Gasteiger partial charge in [0, 0.05) is 11.9 Å². The van der Waals surface area contributed by atoms with Crippen LogP contribution in [0.4, 0.5) is 0 Å². The molecule has 0 unspecified atom stereocenters. The Morgan fingerprint density at radius 2 is 2.46 bits per heavy atom. The van der Waals surface area contributed by atoms with E-state index < -0.39 is 0 Å². The Bertz CT molecular complexity index is 302. The number of halogens is 1. The molecule has 0 aromatic heterocycles. The Labute approximate surface area is 86.7 Å². The number of hydrogen-bond donors (Lipinski definition) is 1. The van der Waals surface area contributed by atoms with Crippen LogP contribution in [0.1, 0.15) is 6.92 Å². The van der Waals surface area contributed by atoms with Crippen LogP contribution in [0.15, 0.2) is 46.9 Å². The highest BCUT2D eigenvalue weighted by molar-refractivity contribution is 9.11. The number of rotatable bonds is 2. The fraction of sp³-hybridized carbons (Fsp3) is 0.200. The highest BCUT2D eigenvalue weighted by Crippen LogP contribution is 2.23. The number of aliphatic hydroxyl groups excluding tert-OH is 1. The van der Waals surface area contributed by atoms with Crippen molar-refractivity contribution in [2.75, 3.05) is 6.61 Å². The second kappa shape index (κ2) is 4.44. The molecule has 0 bridgehead atoms. The molecule has 1 heterocycles. The summed E-state index contributed by atoms with van der Waals surface area (Å²) in [5, 5.41) is 8.86. The predicted octanol–water partition coefficient (Wildman–Crippen LogP) is 2.50. The molecule has 0 fully saturated rings. The number of aliphatic hydroxyl groups is 1. The molecule has 13 heavy (non-hydrogen) atoms. The molecule has 1 rings (SSSR count). The lowest BCUT2D eigenvalue weighted by Gasteiger charge is -2.23. The van der Waals surface area contributed by atoms with Gasteiger partial charge >= 0.3 is 0 Å². The predicted molar refractivity (Wildman–Crippen MR) is 58.0 cm³/mol. The van der Waals surface area contributed by atoms with Crippen LogP contribution in [0.3, 0.4) is 0 Å². The second-order valence-corrected chi connectivity index (χ2v) is 3.66. The van der Waals surface area contributed by atoms with Crippen LogP contribution in [0.5, 0.6) is 0 Å². The molecule has 0 saturated carbocycles. The van der Waals surface area contributed by atoms with Gasteiger partial charge in [-0.05, 0) is 40.6 Å². The summed E-state index contributed by atoms with van der Waals surface area (Å²) < 4.78 is 0.924. The number of allylic oxidation sites excluding steroid dienone is 3. The molecule has 3 heteroatoms. The first-order chi connectivity index (χ1) is 6.15. The Hall–Kier alpha value is -0.800. The molecule has 2 nitrogen and oxygen atoms in total. The van der Waals surface area contributed by atoms with Gasteiger partial charge in [-0.25, -0.2) is 0 Å². The third-order valence-electron chi connectivity index (χ3n) is 1.66. The largest absolute Gasteiger partial charge is 0.392 e. The molecular weight excluding hydrogens is 230 g/mol. The molecule has 1 aliphatic rings. The highest BCUT2D eigenvalue weighted by atomic mass is 79.9. The van der Waals surface area contributed by atoms with Crippen LogP contribution < -0.4 is 0 Å². The van der Waals surface area contributed by atoms with Crippen LogP contribution in [-0.4, -0.2) is 16.6 Å². The van der Waals surface area contributed by atoms with Gasteiger partial charge in [0.05, 0.1) is 11.2 Å². The van der Waals surface area contributed by atoms with Crippen molar-refractivity contribution in [2.45, 2.75) is 6.92 Å². The minimum atomic E-state index is 0.0633. The third kappa shape index (κ3) is 2.57. The Kier molecular flexibility index (Phi) is 3.51. The smallest absolute Gasteiger partial charge is 0.0891 e. The number of nitrogens with zero attached hydrogens (tertiary/aromatic N) is 1. The summed E-state index contributed by atoms with van der Waals surface area (Å²) in [5.74, 6) is 0. The molecule has 70 valence electrons. The number of hydrogen-bond acceptors (Lipinski definition) is 2. The molecule has 0 aromatic carbocycles. The third-order valence-corrected chi connectivity index (χ3v) is 2.31. The van der Waals surface area contributed by atoms with Gasteiger partial charge in [-0.3, -0.25) is 0 Å². The lowest BCUT2D eigenvalue weighted by atomic mass is 10.3. The van der Waals surface area contributed by atoms with Crippen molar-refractivity contribution >= 4 is 15.9 Å². The van der Waals surface area contributed by atoms with Crippen molar-refractivity contribution in [1.82, 2.24) is 4.90 Å². The van der Waals surface area contributed by atoms with Crippen molar-refractivity contribution in [2.24, 2.45) is 0 Å². The Morgan fingerprint density at radius 1 is 1.77 bits per heavy atom. The van der Waals surface area contributed by atoms with Gasteiger partial charge in [0.1, 0.15) is 0 Å². The molecular formula is C10H12BrNO. The molecule has 0 atom stereocenters. The molecule has 0 spiro atoms. The van der Waals surface area contributed by atoms with E-state index in [-0.39, 0.29) is 6.61 Å². The normalized spacial score (nSPS) is 17.8. The van der Waals surface area contributed by atoms with Crippen molar-refractivity contribution in [3.63, 3.8) is 0 Å². The van der Waals surface area contributed by atoms with E-state index in [0.717, 1.165) is 15.9 Å². The molecule has 0 aliphatic carbocycles. The van der Waals surface area contributed by atoms with E-state index in [9.17, 15) is 0 Å². The molecule has 0 aromatic rings. The van der Waals surface area contributed by atoms with Gasteiger partial charge in [0.15, 0.2) is 0 Å². The monoisotopic (exact) mass is 241 g/mol. The summed E-state index contributed by atoms with van der Waals surface area (Å²) in [6.07, 6.45) is 7.61. The molecule has 1 aliphatic heterocycles. The summed E-state index contributed by atoms with van der Waals surface area (Å²) in [5.41, 5.74) is 1.77. The second-order valence-electron chi connectivity index (χ2n) is 2.84. The summed E-state index contributed by atoms with van der Waals surface area (Å²) in [7, 11) is 0. The van der Waals surface area contributed by atoms with E-state index >= 15 is 0 Å². The SMILES string of the molecule is C=C1C=CC=C(Br)N1/C=C(\C)CO. The molecule has 0 radical (unpaired) electrons. The van der Waals surface area contributed by atoms with Crippen LogP contribution in [0.25, 0.3) is 0 Å². The van der Waals surface area contributed by atoms with E-state index in [0.29, 0.717) is 0 Å². The maximum absolute atomic E-state index is 8.86. The Balaban J connectivity index is 2.86. The summed E-state index contributed by atoms with van der Waals surface area (Å²) in [4.78, 5) is 1.88. The summed E-state index contributed by atoms with van der Waals surface area (Å²) >= 11 is 3.40. The lowest BCUT2D eigenvalue weighted by molar-refractivity contribution is 0.329. The van der Waals surface area contributed by atoms with E-state index in [2.05, 4.69) is 22.5 Å². The first-order valence-electron chi connectivity index (χ1n) is 3.95. The maximum atomic E-state index is 8.86. The van der Waals surface area contributed by atoms with Crippen molar-refractivity contribution in [1.29, 1.82) is 0 Å². The summed E-state index contributed by atoms with van der Waals surface area (Å²) in [6.45, 7) is 5.81. The molecule has 0 saturated heterocycles. The van der Waals surface area contributed by atoms with Crippen LogP contribution in [0.2, 0.25) is 0 Å². The molecule has 0 amide bonds. The Morgan fingerprint density at radius 3 is 3.00 bits per heavy atom. The average Bonchev–Trinajstić information content (AvgIpc) is 2.11. The van der Waals surface area contributed by atoms with Gasteiger partial charge in [-0.15, -0.1) is 0 Å². The van der Waals surface area contributed by atoms with Crippen LogP contribution in [-0.2, 0) is 0 Å². The van der Waals surface area contributed by atoms with E-state index in [4.69, 9.17) is 5.11 Å². The average molecular weight is 242 g/mol. The zero-order valence-electron chi connectivity index (χ0n) is 7.50. The topological polar surface area (TPSA) is 23.5 Å². The van der Waals surface area contributed by atoms with Crippen molar-refractivity contribution in [3.05, 3.63) is 46.9 Å². The van der Waals surface area contributed by atoms with Gasteiger partial charge in [-0.1, -0.05) is 12.7 Å². The van der Waals surface area contributed by atoms with Gasteiger partial charge in [-0.2, -0.15) is 0 Å². The fourth-order valence-corrected chi connectivity index (χ4v) is 1.42. The quantitative estimate of drug-likeness (QED) is 0.752. The van der Waals surface area contributed by atoms with E-state index in [1.807, 2.05) is 36.3 Å². The first-order valence-corrected chi connectivity index (χ1v) is 4.74. The zero-order chi connectivity index (χ0) is 9.84. The van der Waals surface area contributed by atoms with Crippen molar-refractivity contribution in [3.8, 4) is 0 Å². The molecule has 1 N–H and O–H groups in total. The maximum Gasteiger partial charge on any atom is 0.0891 e. The minimum absolute atomic E-state index is 0.0633. The first kappa shape index (κ1) is 10.3. The van der Waals surface area contributed by atoms with Crippen LogP contribution >= 0.6 is 15.9 Å². The van der Waals surface area contributed by atoms with Gasteiger partial charge < -0.3 is 10.0 Å². The van der Waals surface area contributed by atoms with Gasteiger partial charge in [0.2, 0.25) is 0 Å². The highest BCUT2D eigenvalue weighted by Gasteiger charge is 2.08. The fourth-order valence-electron chi connectivity index (χ4n) is 0.942. The standard InChI is InChI=1S/C10H12BrNO/c1-8(7-13)6-12-9(2)4-3-5-10(12)11/h3-6,13H,2,7H2,1H3/b8-6+. The van der Waals surface area contributed by atoms with Crippen LogP contribution in [0, 0.1) is 0 Å². The minimum Gasteiger partial charge on any atom is -0.392 e. The van der Waals surface area contributed by atoms with Gasteiger partial charge in [0.25, 0.3) is 0 Å². The lowest BCUT2D eigenvalue weighted by Crippen LogP contribution is -2.13.